The lowest BCUT2D eigenvalue weighted by Crippen LogP contribution is -2.45. The number of urea groups is 1. The SMILES string of the molecule is COc1cccc(NC(=O)NCC2(c3ccccc3)CCOCC2)c1OC. The molecule has 0 spiro atoms. The Labute approximate surface area is 159 Å². The first-order valence-electron chi connectivity index (χ1n) is 9.08. The van der Waals surface area contributed by atoms with Crippen LogP contribution in [-0.4, -0.2) is 40.0 Å². The predicted octanol–water partition coefficient (Wildman–Crippen LogP) is 3.57. The molecule has 2 amide bonds. The summed E-state index contributed by atoms with van der Waals surface area (Å²) in [4.78, 5) is 12.5. The lowest BCUT2D eigenvalue weighted by atomic mass is 9.74. The van der Waals surface area contributed by atoms with Crippen LogP contribution in [0.5, 0.6) is 11.5 Å². The third-order valence-electron chi connectivity index (χ3n) is 5.07. The molecule has 2 aromatic carbocycles. The summed E-state index contributed by atoms with van der Waals surface area (Å²) in [6.45, 7) is 1.93. The highest BCUT2D eigenvalue weighted by Gasteiger charge is 2.34. The van der Waals surface area contributed by atoms with Crippen LogP contribution in [0.25, 0.3) is 0 Å². The number of carbonyl (C=O) groups is 1. The van der Waals surface area contributed by atoms with E-state index in [1.165, 1.54) is 5.56 Å². The molecule has 6 nitrogen and oxygen atoms in total. The van der Waals surface area contributed by atoms with Gasteiger partial charge in [0.05, 0.1) is 19.9 Å². The van der Waals surface area contributed by atoms with Crippen LogP contribution in [0.3, 0.4) is 0 Å². The van der Waals surface area contributed by atoms with Crippen molar-refractivity contribution in [1.29, 1.82) is 0 Å². The fraction of sp³-hybridized carbons (Fsp3) is 0.381. The predicted molar refractivity (Wildman–Crippen MR) is 105 cm³/mol. The summed E-state index contributed by atoms with van der Waals surface area (Å²) in [6, 6.07) is 15.4. The summed E-state index contributed by atoms with van der Waals surface area (Å²) in [5.41, 5.74) is 1.68. The topological polar surface area (TPSA) is 68.8 Å². The van der Waals surface area contributed by atoms with Crippen LogP contribution in [0.2, 0.25) is 0 Å². The van der Waals surface area contributed by atoms with Gasteiger partial charge in [-0.1, -0.05) is 36.4 Å². The van der Waals surface area contributed by atoms with Crippen LogP contribution < -0.4 is 20.1 Å². The monoisotopic (exact) mass is 370 g/mol. The molecule has 6 heteroatoms. The van der Waals surface area contributed by atoms with Gasteiger partial charge in [-0.25, -0.2) is 4.79 Å². The molecule has 0 aliphatic carbocycles. The molecule has 27 heavy (non-hydrogen) atoms. The molecular weight excluding hydrogens is 344 g/mol. The largest absolute Gasteiger partial charge is 0.493 e. The first kappa shape index (κ1) is 19.0. The zero-order valence-electron chi connectivity index (χ0n) is 15.8. The third-order valence-corrected chi connectivity index (χ3v) is 5.07. The Morgan fingerprint density at radius 2 is 1.78 bits per heavy atom. The molecule has 0 bridgehead atoms. The van der Waals surface area contributed by atoms with Gasteiger partial charge in [0.15, 0.2) is 11.5 Å². The van der Waals surface area contributed by atoms with Crippen molar-refractivity contribution >= 4 is 11.7 Å². The first-order valence-corrected chi connectivity index (χ1v) is 9.08. The quantitative estimate of drug-likeness (QED) is 0.816. The van der Waals surface area contributed by atoms with Crippen LogP contribution in [0.15, 0.2) is 48.5 Å². The minimum atomic E-state index is -0.275. The lowest BCUT2D eigenvalue weighted by molar-refractivity contribution is 0.0508. The molecule has 1 fully saturated rings. The Bertz CT molecular complexity index is 758. The van der Waals surface area contributed by atoms with Gasteiger partial charge in [-0.15, -0.1) is 0 Å². The van der Waals surface area contributed by atoms with Crippen LogP contribution in [-0.2, 0) is 10.2 Å². The van der Waals surface area contributed by atoms with Gasteiger partial charge in [0.2, 0.25) is 0 Å². The number of nitrogens with one attached hydrogen (secondary N) is 2. The number of hydrogen-bond acceptors (Lipinski definition) is 4. The molecule has 1 saturated heterocycles. The van der Waals surface area contributed by atoms with E-state index in [4.69, 9.17) is 14.2 Å². The average molecular weight is 370 g/mol. The van der Waals surface area contributed by atoms with E-state index < -0.39 is 0 Å². The minimum Gasteiger partial charge on any atom is -0.493 e. The van der Waals surface area contributed by atoms with Crippen molar-refractivity contribution in [1.82, 2.24) is 5.32 Å². The number of amides is 2. The van der Waals surface area contributed by atoms with Crippen LogP contribution in [0.1, 0.15) is 18.4 Å². The second-order valence-electron chi connectivity index (χ2n) is 6.61. The molecule has 0 aromatic heterocycles. The molecule has 1 aliphatic rings. The fourth-order valence-corrected chi connectivity index (χ4v) is 3.52. The van der Waals surface area contributed by atoms with E-state index in [0.29, 0.717) is 36.9 Å². The van der Waals surface area contributed by atoms with E-state index in [-0.39, 0.29) is 11.4 Å². The maximum Gasteiger partial charge on any atom is 0.319 e. The second kappa shape index (κ2) is 8.77. The van der Waals surface area contributed by atoms with Gasteiger partial charge in [0, 0.05) is 25.2 Å². The van der Waals surface area contributed by atoms with E-state index >= 15 is 0 Å². The molecule has 0 radical (unpaired) electrons. The molecule has 144 valence electrons. The molecule has 2 aromatic rings. The number of rotatable bonds is 6. The first-order chi connectivity index (χ1) is 13.2. The highest BCUT2D eigenvalue weighted by Crippen LogP contribution is 2.36. The van der Waals surface area contributed by atoms with Crippen molar-refractivity contribution < 1.29 is 19.0 Å². The molecule has 0 atom stereocenters. The normalized spacial score (nSPS) is 15.6. The summed E-state index contributed by atoms with van der Waals surface area (Å²) in [5, 5.41) is 5.89. The summed E-state index contributed by atoms with van der Waals surface area (Å²) >= 11 is 0. The zero-order chi connectivity index (χ0) is 19.1. The van der Waals surface area contributed by atoms with Gasteiger partial charge in [0.25, 0.3) is 0 Å². The molecule has 1 aliphatic heterocycles. The fourth-order valence-electron chi connectivity index (χ4n) is 3.52. The van der Waals surface area contributed by atoms with Gasteiger partial charge < -0.3 is 24.8 Å². The summed E-state index contributed by atoms with van der Waals surface area (Å²) in [5.74, 6) is 1.07. The molecule has 3 rings (SSSR count). The minimum absolute atomic E-state index is 0.116. The smallest absolute Gasteiger partial charge is 0.319 e. The Hall–Kier alpha value is -2.73. The Kier molecular flexibility index (Phi) is 6.19. The van der Waals surface area contributed by atoms with E-state index in [9.17, 15) is 4.79 Å². The van der Waals surface area contributed by atoms with Gasteiger partial charge in [-0.3, -0.25) is 0 Å². The number of methoxy groups -OCH3 is 2. The van der Waals surface area contributed by atoms with E-state index in [0.717, 1.165) is 12.8 Å². The standard InChI is InChI=1S/C21H26N2O4/c1-25-18-10-6-9-17(19(18)26-2)23-20(24)22-15-21(11-13-27-14-12-21)16-7-4-3-5-8-16/h3-10H,11-15H2,1-2H3,(H2,22,23,24). The Balaban J connectivity index is 1.70. The number of hydrogen-bond donors (Lipinski definition) is 2. The summed E-state index contributed by atoms with van der Waals surface area (Å²) in [7, 11) is 3.11. The van der Waals surface area contributed by atoms with E-state index in [2.05, 4.69) is 22.8 Å². The molecular formula is C21H26N2O4. The third kappa shape index (κ3) is 4.34. The average Bonchev–Trinajstić information content (AvgIpc) is 2.73. The van der Waals surface area contributed by atoms with Crippen molar-refractivity contribution in [2.24, 2.45) is 0 Å². The highest BCUT2D eigenvalue weighted by molar-refractivity contribution is 5.91. The van der Waals surface area contributed by atoms with Crippen molar-refractivity contribution in [2.45, 2.75) is 18.3 Å². The molecule has 0 unspecified atom stereocenters. The van der Waals surface area contributed by atoms with Crippen LogP contribution >= 0.6 is 0 Å². The number of para-hydroxylation sites is 1. The van der Waals surface area contributed by atoms with Crippen molar-refractivity contribution in [3.63, 3.8) is 0 Å². The maximum atomic E-state index is 12.5. The summed E-state index contributed by atoms with van der Waals surface area (Å²) < 4.78 is 16.2. The Morgan fingerprint density at radius 3 is 2.44 bits per heavy atom. The van der Waals surface area contributed by atoms with E-state index in [1.54, 1.807) is 32.4 Å². The van der Waals surface area contributed by atoms with Gasteiger partial charge in [-0.05, 0) is 30.5 Å². The molecule has 0 saturated carbocycles. The van der Waals surface area contributed by atoms with Crippen molar-refractivity contribution in [3.8, 4) is 11.5 Å². The van der Waals surface area contributed by atoms with E-state index in [1.807, 2.05) is 18.2 Å². The summed E-state index contributed by atoms with van der Waals surface area (Å²) in [6.07, 6.45) is 1.75. The Morgan fingerprint density at radius 1 is 1.04 bits per heavy atom. The van der Waals surface area contributed by atoms with Crippen molar-refractivity contribution in [3.05, 3.63) is 54.1 Å². The number of carbonyl (C=O) groups excluding carboxylic acids is 1. The lowest BCUT2D eigenvalue weighted by Gasteiger charge is -2.38. The van der Waals surface area contributed by atoms with Crippen LogP contribution in [0, 0.1) is 0 Å². The van der Waals surface area contributed by atoms with Crippen molar-refractivity contribution in [2.75, 3.05) is 39.3 Å². The number of benzene rings is 2. The number of anilines is 1. The highest BCUT2D eigenvalue weighted by atomic mass is 16.5. The maximum absolute atomic E-state index is 12.5. The van der Waals surface area contributed by atoms with Gasteiger partial charge >= 0.3 is 6.03 Å². The zero-order valence-corrected chi connectivity index (χ0v) is 15.8. The van der Waals surface area contributed by atoms with Gasteiger partial charge in [-0.2, -0.15) is 0 Å². The number of ether oxygens (including phenoxy) is 3. The van der Waals surface area contributed by atoms with Crippen LogP contribution in [0.4, 0.5) is 10.5 Å². The molecule has 2 N–H and O–H groups in total. The second-order valence-corrected chi connectivity index (χ2v) is 6.61. The van der Waals surface area contributed by atoms with Gasteiger partial charge in [0.1, 0.15) is 0 Å². The molecule has 1 heterocycles.